The van der Waals surface area contributed by atoms with Gasteiger partial charge in [0.2, 0.25) is 0 Å². The Bertz CT molecular complexity index is 538. The molecule has 0 amide bonds. The second-order valence-corrected chi connectivity index (χ2v) is 4.48. The lowest BCUT2D eigenvalue weighted by molar-refractivity contribution is -0.140. The lowest BCUT2D eigenvalue weighted by atomic mass is 10.1. The zero-order valence-corrected chi connectivity index (χ0v) is 11.5. The summed E-state index contributed by atoms with van der Waals surface area (Å²) in [5.74, 6) is -0.202. The van der Waals surface area contributed by atoms with Crippen molar-refractivity contribution in [3.63, 3.8) is 0 Å². The molecule has 0 unspecified atom stereocenters. The van der Waals surface area contributed by atoms with Gasteiger partial charge in [0.1, 0.15) is 0 Å². The Hall–Kier alpha value is -2.36. The molecule has 20 heavy (non-hydrogen) atoms. The van der Waals surface area contributed by atoms with E-state index in [1.807, 2.05) is 24.3 Å². The van der Waals surface area contributed by atoms with Crippen molar-refractivity contribution >= 4 is 11.7 Å². The smallest absolute Gasteiger partial charge is 0.307 e. The molecule has 4 heteroatoms. The third-order valence-electron chi connectivity index (χ3n) is 3.00. The topological polar surface area (TPSA) is 51.2 Å². The summed E-state index contributed by atoms with van der Waals surface area (Å²) >= 11 is 0. The van der Waals surface area contributed by atoms with Crippen LogP contribution in [-0.4, -0.2) is 24.6 Å². The fraction of sp³-hybridized carbons (Fsp3) is 0.250. The first-order chi connectivity index (χ1) is 9.78. The summed E-state index contributed by atoms with van der Waals surface area (Å²) in [6, 6.07) is 12.2. The van der Waals surface area contributed by atoms with Crippen molar-refractivity contribution in [2.45, 2.75) is 12.8 Å². The Morgan fingerprint density at radius 1 is 1.10 bits per heavy atom. The van der Waals surface area contributed by atoms with Crippen LogP contribution in [0.2, 0.25) is 0 Å². The molecule has 0 atom stereocenters. The average Bonchev–Trinajstić information content (AvgIpc) is 2.50. The summed E-state index contributed by atoms with van der Waals surface area (Å²) in [6.45, 7) is 0.580. The van der Waals surface area contributed by atoms with Gasteiger partial charge in [-0.2, -0.15) is 0 Å². The Kier molecular flexibility index (Phi) is 5.12. The van der Waals surface area contributed by atoms with E-state index in [2.05, 4.69) is 27.2 Å². The number of rotatable bonds is 6. The number of pyridine rings is 1. The maximum absolute atomic E-state index is 11.0. The molecule has 0 fully saturated rings. The van der Waals surface area contributed by atoms with E-state index in [1.165, 1.54) is 18.2 Å². The molecule has 0 bridgehead atoms. The molecule has 4 nitrogen and oxygen atoms in total. The van der Waals surface area contributed by atoms with E-state index in [0.717, 1.165) is 12.1 Å². The Morgan fingerprint density at radius 3 is 2.40 bits per heavy atom. The van der Waals surface area contributed by atoms with E-state index in [9.17, 15) is 4.79 Å². The van der Waals surface area contributed by atoms with E-state index >= 15 is 0 Å². The van der Waals surface area contributed by atoms with Gasteiger partial charge in [0.15, 0.2) is 0 Å². The van der Waals surface area contributed by atoms with Gasteiger partial charge in [-0.25, -0.2) is 0 Å². The van der Waals surface area contributed by atoms with Crippen LogP contribution in [0.4, 0.5) is 5.69 Å². The molecule has 0 saturated carbocycles. The zero-order chi connectivity index (χ0) is 14.2. The van der Waals surface area contributed by atoms with E-state index in [0.29, 0.717) is 13.0 Å². The highest BCUT2D eigenvalue weighted by Crippen LogP contribution is 2.13. The largest absolute Gasteiger partial charge is 0.469 e. The SMILES string of the molecule is COC(=O)CCNc1ccc(Cc2ccncc2)cc1. The molecule has 0 aliphatic heterocycles. The van der Waals surface area contributed by atoms with Gasteiger partial charge < -0.3 is 10.1 Å². The van der Waals surface area contributed by atoms with Crippen LogP contribution in [0.15, 0.2) is 48.8 Å². The number of carbonyl (C=O) groups is 1. The molecule has 104 valence electrons. The van der Waals surface area contributed by atoms with Crippen molar-refractivity contribution in [2.24, 2.45) is 0 Å². The van der Waals surface area contributed by atoms with E-state index in [-0.39, 0.29) is 5.97 Å². The van der Waals surface area contributed by atoms with Gasteiger partial charge in [0, 0.05) is 24.6 Å². The lowest BCUT2D eigenvalue weighted by Crippen LogP contribution is -2.09. The number of esters is 1. The Balaban J connectivity index is 1.85. The number of nitrogens with zero attached hydrogens (tertiary/aromatic N) is 1. The van der Waals surface area contributed by atoms with Crippen LogP contribution < -0.4 is 5.32 Å². The number of hydrogen-bond donors (Lipinski definition) is 1. The number of anilines is 1. The molecular weight excluding hydrogens is 252 g/mol. The van der Waals surface area contributed by atoms with Crippen molar-refractivity contribution in [1.82, 2.24) is 4.98 Å². The summed E-state index contributed by atoms with van der Waals surface area (Å²) < 4.78 is 4.59. The van der Waals surface area contributed by atoms with Crippen molar-refractivity contribution in [3.8, 4) is 0 Å². The van der Waals surface area contributed by atoms with Gasteiger partial charge in [-0.05, 0) is 41.8 Å². The van der Waals surface area contributed by atoms with Gasteiger partial charge in [-0.1, -0.05) is 12.1 Å². The van der Waals surface area contributed by atoms with Crippen LogP contribution in [0.1, 0.15) is 17.5 Å². The fourth-order valence-corrected chi connectivity index (χ4v) is 1.89. The summed E-state index contributed by atoms with van der Waals surface area (Å²) in [5, 5.41) is 3.19. The van der Waals surface area contributed by atoms with Crippen molar-refractivity contribution in [3.05, 3.63) is 59.9 Å². The minimum Gasteiger partial charge on any atom is -0.469 e. The first-order valence-corrected chi connectivity index (χ1v) is 6.56. The van der Waals surface area contributed by atoms with Crippen LogP contribution in [0.25, 0.3) is 0 Å². The van der Waals surface area contributed by atoms with Crippen LogP contribution in [0.3, 0.4) is 0 Å². The Morgan fingerprint density at radius 2 is 1.75 bits per heavy atom. The van der Waals surface area contributed by atoms with E-state index in [1.54, 1.807) is 12.4 Å². The van der Waals surface area contributed by atoms with Gasteiger partial charge >= 0.3 is 5.97 Å². The fourth-order valence-electron chi connectivity index (χ4n) is 1.89. The third-order valence-corrected chi connectivity index (χ3v) is 3.00. The maximum atomic E-state index is 11.0. The number of hydrogen-bond acceptors (Lipinski definition) is 4. The minimum atomic E-state index is -0.202. The molecule has 0 aliphatic carbocycles. The van der Waals surface area contributed by atoms with Crippen molar-refractivity contribution in [1.29, 1.82) is 0 Å². The lowest BCUT2D eigenvalue weighted by Gasteiger charge is -2.07. The van der Waals surface area contributed by atoms with Gasteiger partial charge in [-0.15, -0.1) is 0 Å². The van der Waals surface area contributed by atoms with Crippen LogP contribution in [0, 0.1) is 0 Å². The first kappa shape index (κ1) is 14.1. The van der Waals surface area contributed by atoms with Crippen LogP contribution in [0.5, 0.6) is 0 Å². The van der Waals surface area contributed by atoms with Gasteiger partial charge in [0.25, 0.3) is 0 Å². The summed E-state index contributed by atoms with van der Waals surface area (Å²) in [4.78, 5) is 15.0. The second-order valence-electron chi connectivity index (χ2n) is 4.48. The minimum absolute atomic E-state index is 0.202. The van der Waals surface area contributed by atoms with E-state index < -0.39 is 0 Å². The molecule has 1 aromatic heterocycles. The van der Waals surface area contributed by atoms with Gasteiger partial charge in [-0.3, -0.25) is 9.78 Å². The van der Waals surface area contributed by atoms with Gasteiger partial charge in [0.05, 0.1) is 13.5 Å². The Labute approximate surface area is 118 Å². The summed E-state index contributed by atoms with van der Waals surface area (Å²) in [5.41, 5.74) is 3.49. The second kappa shape index (κ2) is 7.28. The quantitative estimate of drug-likeness (QED) is 0.820. The monoisotopic (exact) mass is 270 g/mol. The standard InChI is InChI=1S/C16H18N2O2/c1-20-16(19)8-11-18-15-4-2-13(3-5-15)12-14-6-9-17-10-7-14/h2-7,9-10,18H,8,11-12H2,1H3. The van der Waals surface area contributed by atoms with E-state index in [4.69, 9.17) is 0 Å². The zero-order valence-electron chi connectivity index (χ0n) is 11.5. The van der Waals surface area contributed by atoms with Crippen LogP contribution >= 0.6 is 0 Å². The van der Waals surface area contributed by atoms with Crippen molar-refractivity contribution in [2.75, 3.05) is 19.0 Å². The number of benzene rings is 1. The number of nitrogens with one attached hydrogen (secondary N) is 1. The molecule has 1 N–H and O–H groups in total. The summed E-state index contributed by atoms with van der Waals surface area (Å²) in [6.07, 6.45) is 4.87. The molecule has 0 saturated heterocycles. The molecule has 2 rings (SSSR count). The number of carbonyl (C=O) groups excluding carboxylic acids is 1. The normalized spacial score (nSPS) is 10.1. The number of methoxy groups -OCH3 is 1. The first-order valence-electron chi connectivity index (χ1n) is 6.56. The molecule has 1 heterocycles. The summed E-state index contributed by atoms with van der Waals surface area (Å²) in [7, 11) is 1.40. The predicted molar refractivity (Wildman–Crippen MR) is 78.6 cm³/mol. The maximum Gasteiger partial charge on any atom is 0.307 e. The molecule has 0 radical (unpaired) electrons. The molecule has 2 aromatic rings. The highest BCUT2D eigenvalue weighted by molar-refractivity contribution is 5.69. The van der Waals surface area contributed by atoms with Crippen molar-refractivity contribution < 1.29 is 9.53 Å². The number of ether oxygens (including phenoxy) is 1. The predicted octanol–water partition coefficient (Wildman–Crippen LogP) is 2.65. The average molecular weight is 270 g/mol. The highest BCUT2D eigenvalue weighted by Gasteiger charge is 2.00. The highest BCUT2D eigenvalue weighted by atomic mass is 16.5. The van der Waals surface area contributed by atoms with Crippen LogP contribution in [-0.2, 0) is 16.0 Å². The third kappa shape index (κ3) is 4.39. The molecule has 0 spiro atoms. The number of aromatic nitrogens is 1. The molecule has 0 aliphatic rings. The molecule has 1 aromatic carbocycles. The molecular formula is C16H18N2O2.